The molecule has 0 aliphatic carbocycles. The van der Waals surface area contributed by atoms with Gasteiger partial charge in [-0.2, -0.15) is 10.5 Å². The minimum atomic E-state index is -0.345. The molecule has 1 rings (SSSR count). The predicted octanol–water partition coefficient (Wildman–Crippen LogP) is 1.16. The number of benzene rings is 1. The van der Waals surface area contributed by atoms with Crippen LogP contribution in [0, 0.1) is 28.5 Å². The molecule has 0 saturated heterocycles. The van der Waals surface area contributed by atoms with Crippen LogP contribution >= 0.6 is 0 Å². The SMILES string of the molecule is N#C/C(N)=C(\C#N)NC=NCc1ccccc1F. The zero-order valence-electron chi connectivity index (χ0n) is 9.39. The summed E-state index contributed by atoms with van der Waals surface area (Å²) in [5.74, 6) is -0.345. The van der Waals surface area contributed by atoms with Gasteiger partial charge in [-0.15, -0.1) is 0 Å². The van der Waals surface area contributed by atoms with E-state index in [1.165, 1.54) is 12.4 Å². The molecule has 18 heavy (non-hydrogen) atoms. The highest BCUT2D eigenvalue weighted by Gasteiger charge is 2.00. The Morgan fingerprint density at radius 2 is 2.11 bits per heavy atom. The normalized spacial score (nSPS) is 11.5. The molecular formula is C12H10FN5. The Hall–Kier alpha value is -2.86. The van der Waals surface area contributed by atoms with Crippen LogP contribution in [0.4, 0.5) is 4.39 Å². The Labute approximate surface area is 104 Å². The Morgan fingerprint density at radius 1 is 1.39 bits per heavy atom. The van der Waals surface area contributed by atoms with Crippen molar-refractivity contribution >= 4 is 6.34 Å². The molecule has 1 aromatic carbocycles. The molecule has 0 saturated carbocycles. The summed E-state index contributed by atoms with van der Waals surface area (Å²) >= 11 is 0. The molecule has 0 aliphatic rings. The average Bonchev–Trinajstić information content (AvgIpc) is 2.40. The number of rotatable bonds is 4. The van der Waals surface area contributed by atoms with Crippen LogP contribution in [0.2, 0.25) is 0 Å². The van der Waals surface area contributed by atoms with Crippen LogP contribution in [0.25, 0.3) is 0 Å². The van der Waals surface area contributed by atoms with Crippen LogP contribution in [-0.2, 0) is 6.54 Å². The lowest BCUT2D eigenvalue weighted by Crippen LogP contribution is -2.15. The van der Waals surface area contributed by atoms with Gasteiger partial charge < -0.3 is 11.1 Å². The van der Waals surface area contributed by atoms with Gasteiger partial charge in [0.05, 0.1) is 12.9 Å². The monoisotopic (exact) mass is 243 g/mol. The van der Waals surface area contributed by atoms with Crippen molar-refractivity contribution in [3.63, 3.8) is 0 Å². The van der Waals surface area contributed by atoms with Gasteiger partial charge in [0.25, 0.3) is 0 Å². The number of hydrogen-bond donors (Lipinski definition) is 2. The number of aliphatic imine (C=N–C) groups is 1. The molecule has 0 radical (unpaired) electrons. The summed E-state index contributed by atoms with van der Waals surface area (Å²) in [6.45, 7) is 0.130. The minimum absolute atomic E-state index is 0.0882. The van der Waals surface area contributed by atoms with E-state index in [9.17, 15) is 4.39 Å². The fraction of sp³-hybridized carbons (Fsp3) is 0.0833. The van der Waals surface area contributed by atoms with Crippen LogP contribution in [0.3, 0.4) is 0 Å². The summed E-state index contributed by atoms with van der Waals surface area (Å²) in [7, 11) is 0. The van der Waals surface area contributed by atoms with Crippen LogP contribution < -0.4 is 11.1 Å². The molecule has 1 aromatic rings. The van der Waals surface area contributed by atoms with E-state index in [2.05, 4.69) is 10.3 Å². The van der Waals surface area contributed by atoms with Crippen LogP contribution in [0.5, 0.6) is 0 Å². The first-order chi connectivity index (χ1) is 8.69. The van der Waals surface area contributed by atoms with E-state index < -0.39 is 0 Å². The van der Waals surface area contributed by atoms with Gasteiger partial charge in [0, 0.05) is 5.56 Å². The van der Waals surface area contributed by atoms with E-state index in [4.69, 9.17) is 16.3 Å². The fourth-order valence-corrected chi connectivity index (χ4v) is 1.11. The summed E-state index contributed by atoms with van der Waals surface area (Å²) in [6.07, 6.45) is 1.20. The zero-order chi connectivity index (χ0) is 13.4. The lowest BCUT2D eigenvalue weighted by molar-refractivity contribution is 0.611. The van der Waals surface area contributed by atoms with Gasteiger partial charge in [-0.05, 0) is 6.07 Å². The molecule has 5 nitrogen and oxygen atoms in total. The highest BCUT2D eigenvalue weighted by molar-refractivity contribution is 5.60. The summed E-state index contributed by atoms with van der Waals surface area (Å²) in [5.41, 5.74) is 5.38. The quantitative estimate of drug-likeness (QED) is 0.471. The summed E-state index contributed by atoms with van der Waals surface area (Å²) in [6, 6.07) is 9.59. The zero-order valence-corrected chi connectivity index (χ0v) is 9.39. The van der Waals surface area contributed by atoms with Gasteiger partial charge in [-0.25, -0.2) is 4.39 Å². The number of allylic oxidation sites excluding steroid dienone is 2. The van der Waals surface area contributed by atoms with E-state index >= 15 is 0 Å². The summed E-state index contributed by atoms with van der Waals surface area (Å²) < 4.78 is 13.2. The second kappa shape index (κ2) is 6.66. The van der Waals surface area contributed by atoms with Crippen molar-refractivity contribution in [1.82, 2.24) is 5.32 Å². The molecule has 0 heterocycles. The van der Waals surface area contributed by atoms with Gasteiger partial charge in [0.15, 0.2) is 5.70 Å². The third-order valence-corrected chi connectivity index (χ3v) is 2.02. The van der Waals surface area contributed by atoms with E-state index in [0.29, 0.717) is 5.56 Å². The van der Waals surface area contributed by atoms with Gasteiger partial charge in [-0.3, -0.25) is 4.99 Å². The van der Waals surface area contributed by atoms with Gasteiger partial charge >= 0.3 is 0 Å². The highest BCUT2D eigenvalue weighted by atomic mass is 19.1. The number of nitrogens with two attached hydrogens (primary N) is 1. The predicted molar refractivity (Wildman–Crippen MR) is 64.2 cm³/mol. The second-order valence-corrected chi connectivity index (χ2v) is 3.22. The van der Waals surface area contributed by atoms with Crippen LogP contribution in [0.1, 0.15) is 5.56 Å². The minimum Gasteiger partial charge on any atom is -0.388 e. The maximum Gasteiger partial charge on any atom is 0.152 e. The summed E-state index contributed by atoms with van der Waals surface area (Å²) in [4.78, 5) is 3.88. The molecule has 0 amide bonds. The van der Waals surface area contributed by atoms with E-state index in [1.54, 1.807) is 30.3 Å². The lowest BCUT2D eigenvalue weighted by Gasteiger charge is -1.99. The third kappa shape index (κ3) is 3.62. The van der Waals surface area contributed by atoms with Crippen molar-refractivity contribution in [2.24, 2.45) is 10.7 Å². The van der Waals surface area contributed by atoms with Crippen molar-refractivity contribution in [2.45, 2.75) is 6.54 Å². The van der Waals surface area contributed by atoms with Crippen molar-refractivity contribution in [2.75, 3.05) is 0 Å². The molecule has 90 valence electrons. The maximum atomic E-state index is 13.2. The first-order valence-electron chi connectivity index (χ1n) is 4.97. The van der Waals surface area contributed by atoms with Crippen molar-refractivity contribution in [1.29, 1.82) is 10.5 Å². The van der Waals surface area contributed by atoms with E-state index in [0.717, 1.165) is 0 Å². The second-order valence-electron chi connectivity index (χ2n) is 3.22. The van der Waals surface area contributed by atoms with Crippen molar-refractivity contribution in [3.05, 3.63) is 47.0 Å². The Balaban J connectivity index is 2.61. The van der Waals surface area contributed by atoms with Crippen LogP contribution in [-0.4, -0.2) is 6.34 Å². The smallest absolute Gasteiger partial charge is 0.152 e. The standard InChI is InChI=1S/C12H10FN5/c13-10-4-2-1-3-9(10)7-17-8-18-12(6-15)11(16)5-14/h1-4,8H,7,16H2,(H,17,18)/b12-11-. The van der Waals surface area contributed by atoms with Gasteiger partial charge in [0.2, 0.25) is 0 Å². The van der Waals surface area contributed by atoms with Crippen molar-refractivity contribution < 1.29 is 4.39 Å². The molecule has 0 aliphatic heterocycles. The Morgan fingerprint density at radius 3 is 2.72 bits per heavy atom. The molecule has 0 spiro atoms. The largest absolute Gasteiger partial charge is 0.388 e. The summed E-state index contributed by atoms with van der Waals surface area (Å²) in [5, 5.41) is 19.6. The number of nitrogens with zero attached hydrogens (tertiary/aromatic N) is 3. The van der Waals surface area contributed by atoms with E-state index in [1.807, 2.05) is 0 Å². The molecule has 0 atom stereocenters. The molecule has 0 bridgehead atoms. The van der Waals surface area contributed by atoms with Crippen LogP contribution in [0.15, 0.2) is 40.7 Å². The fourth-order valence-electron chi connectivity index (χ4n) is 1.11. The topological polar surface area (TPSA) is 98.0 Å². The van der Waals surface area contributed by atoms with Crippen molar-refractivity contribution in [3.8, 4) is 12.1 Å². The molecule has 0 unspecified atom stereocenters. The average molecular weight is 243 g/mol. The molecule has 0 aromatic heterocycles. The van der Waals surface area contributed by atoms with Gasteiger partial charge in [-0.1, -0.05) is 18.2 Å². The first-order valence-corrected chi connectivity index (χ1v) is 4.97. The third-order valence-electron chi connectivity index (χ3n) is 2.02. The Kier molecular flexibility index (Phi) is 4.89. The molecular weight excluding hydrogens is 233 g/mol. The van der Waals surface area contributed by atoms with Gasteiger partial charge in [0.1, 0.15) is 23.7 Å². The Bertz CT molecular complexity index is 563. The lowest BCUT2D eigenvalue weighted by atomic mass is 10.2. The number of nitriles is 2. The molecule has 3 N–H and O–H groups in total. The number of nitrogens with one attached hydrogen (secondary N) is 1. The first kappa shape index (κ1) is 13.2. The highest BCUT2D eigenvalue weighted by Crippen LogP contribution is 2.06. The number of hydrogen-bond acceptors (Lipinski definition) is 4. The molecule has 0 fully saturated rings. The number of halogens is 1. The maximum absolute atomic E-state index is 13.2. The molecule has 6 heteroatoms. The van der Waals surface area contributed by atoms with E-state index in [-0.39, 0.29) is 23.8 Å².